The lowest BCUT2D eigenvalue weighted by atomic mass is 9.62. The smallest absolute Gasteiger partial charge is 0.0492 e. The third-order valence-corrected chi connectivity index (χ3v) is 26.9. The normalized spacial score (nSPS) is 25.2. The zero-order valence-corrected chi connectivity index (χ0v) is 60.0. The van der Waals surface area contributed by atoms with Crippen LogP contribution >= 0.6 is 0 Å². The van der Waals surface area contributed by atoms with Crippen LogP contribution in [-0.2, 0) is 0 Å². The van der Waals surface area contributed by atoms with Gasteiger partial charge >= 0.3 is 0 Å². The Balaban J connectivity index is 0.914. The van der Waals surface area contributed by atoms with E-state index in [4.69, 9.17) is 0 Å². The number of para-hydroxylation sites is 3. The molecule has 0 radical (unpaired) electrons. The number of fused-ring (bicyclic) bond motifs is 10. The van der Waals surface area contributed by atoms with E-state index < -0.39 is 0 Å². The lowest BCUT2D eigenvalue weighted by molar-refractivity contribution is 0.127. The quantitative estimate of drug-likeness (QED) is 0.147. The van der Waals surface area contributed by atoms with E-state index in [0.29, 0.717) is 35.5 Å². The van der Waals surface area contributed by atoms with E-state index in [-0.39, 0.29) is 32.9 Å². The molecule has 492 valence electrons. The molecule has 18 rings (SSSR count). The van der Waals surface area contributed by atoms with Crippen molar-refractivity contribution in [2.24, 2.45) is 34.0 Å². The Labute approximate surface area is 583 Å². The number of benzene rings is 12. The Morgan fingerprint density at radius 2 is 0.612 bits per heavy atom. The summed E-state index contributed by atoms with van der Waals surface area (Å²) in [6.07, 6.45) is 10.7. The summed E-state index contributed by atoms with van der Waals surface area (Å²) in [6.45, 7) is 30.1. The molecule has 0 bridgehead atoms. The van der Waals surface area contributed by atoms with Gasteiger partial charge in [0.1, 0.15) is 0 Å². The molecule has 3 aliphatic heterocycles. The van der Waals surface area contributed by atoms with Gasteiger partial charge in [-0.05, 0) is 302 Å². The summed E-state index contributed by atoms with van der Waals surface area (Å²) in [6, 6.07) is 88.6. The molecule has 3 heteroatoms. The predicted octanol–water partition coefficient (Wildman–Crippen LogP) is 26.9. The second kappa shape index (κ2) is 21.9. The minimum absolute atomic E-state index is 0.0454. The standard InChI is InChI=1S/C95H97N3/c1-90(2,3)63-45-48-93(10)82(54-63)79-51-60(35-42-85(79)96(93)66-27-16-13-17-28-66)75-57-76(61-36-43-86-80(52-61)83-55-64(91(4,5)6)46-49-94(83,11)97(86)67-29-18-14-19-30-67)72-40-41-74-78(70-34-24-26-59-25-22-23-33-69(59)70)58-77(73-39-38-71(75)88(72)89(73)74)62-37-44-87-81(53-62)84-56-65(92(7,8)9)47-50-95(84,12)98(87)68-31-20-15-21-32-68/h13-44,51-53,57-58,63-65,82-84H,45-50,54-56H2,1-12H3. The Morgan fingerprint density at radius 3 is 0.969 bits per heavy atom. The second-order valence-corrected chi connectivity index (χ2v) is 35.1. The summed E-state index contributed by atoms with van der Waals surface area (Å²) < 4.78 is 0. The van der Waals surface area contributed by atoms with Gasteiger partial charge in [0.25, 0.3) is 0 Å². The first-order valence-corrected chi connectivity index (χ1v) is 37.3. The molecule has 3 aliphatic carbocycles. The summed E-state index contributed by atoms with van der Waals surface area (Å²) >= 11 is 0. The molecular weight excluding hydrogens is 1180 g/mol. The minimum Gasteiger partial charge on any atom is -0.335 e. The maximum atomic E-state index is 2.75. The van der Waals surface area contributed by atoms with Gasteiger partial charge in [-0.1, -0.05) is 202 Å². The van der Waals surface area contributed by atoms with Crippen molar-refractivity contribution in [2.45, 2.75) is 175 Å². The SMILES string of the molecule is CC(C)(C)C1CCC2(C)C(C1)c1cc(-c3cc(-c4ccc5c(c4)C4CC(C(C)(C)C)CCC4(C)N5c4ccccc4)c4ccc5c(-c6cccc7ccccc67)cc(-c6ccc7c(c6)C6CC(C(C)(C)C)CCC6(C)N7c6ccccc6)c6ccc3c4c65)ccc1N2c1ccccc1. The lowest BCUT2D eigenvalue weighted by Crippen LogP contribution is -2.48. The molecule has 0 spiro atoms. The van der Waals surface area contributed by atoms with Crippen LogP contribution in [0.15, 0.2) is 224 Å². The molecule has 6 aliphatic rings. The van der Waals surface area contributed by atoms with Gasteiger partial charge in [0, 0.05) is 68.5 Å². The van der Waals surface area contributed by atoms with Crippen molar-refractivity contribution >= 4 is 77.2 Å². The highest BCUT2D eigenvalue weighted by Gasteiger charge is 2.56. The van der Waals surface area contributed by atoms with Crippen molar-refractivity contribution in [2.75, 3.05) is 14.7 Å². The number of hydrogen-bond acceptors (Lipinski definition) is 3. The van der Waals surface area contributed by atoms with Crippen LogP contribution in [0.25, 0.3) is 87.6 Å². The monoisotopic (exact) mass is 1280 g/mol. The van der Waals surface area contributed by atoms with Gasteiger partial charge < -0.3 is 14.7 Å². The van der Waals surface area contributed by atoms with Crippen LogP contribution in [0.2, 0.25) is 0 Å². The Hall–Kier alpha value is -8.66. The fourth-order valence-corrected chi connectivity index (χ4v) is 21.3. The summed E-state index contributed by atoms with van der Waals surface area (Å²) in [4.78, 5) is 8.25. The Kier molecular flexibility index (Phi) is 13.8. The van der Waals surface area contributed by atoms with Crippen LogP contribution in [0.1, 0.15) is 175 Å². The van der Waals surface area contributed by atoms with E-state index in [1.807, 2.05) is 0 Å². The highest BCUT2D eigenvalue weighted by atomic mass is 15.3. The summed E-state index contributed by atoms with van der Waals surface area (Å²) in [7, 11) is 0. The van der Waals surface area contributed by atoms with E-state index in [9.17, 15) is 0 Å². The van der Waals surface area contributed by atoms with E-state index in [0.717, 1.165) is 19.3 Å². The molecule has 9 atom stereocenters. The average Bonchev–Trinajstić information content (AvgIpc) is 1.27. The van der Waals surface area contributed by atoms with Gasteiger partial charge in [-0.3, -0.25) is 0 Å². The molecule has 0 aromatic heterocycles. The lowest BCUT2D eigenvalue weighted by Gasteiger charge is -2.49. The average molecular weight is 1280 g/mol. The number of anilines is 6. The number of hydrogen-bond donors (Lipinski definition) is 0. The molecule has 12 aromatic rings. The molecule has 0 N–H and O–H groups in total. The van der Waals surface area contributed by atoms with Gasteiger partial charge in [-0.25, -0.2) is 0 Å². The Morgan fingerprint density at radius 1 is 0.296 bits per heavy atom. The van der Waals surface area contributed by atoms with Gasteiger partial charge in [0.15, 0.2) is 0 Å². The Bertz CT molecular complexity index is 4980. The van der Waals surface area contributed by atoms with Crippen molar-refractivity contribution in [1.29, 1.82) is 0 Å². The molecular formula is C95H97N3. The first-order valence-electron chi connectivity index (χ1n) is 37.3. The summed E-state index contributed by atoms with van der Waals surface area (Å²) in [5.41, 5.74) is 23.5. The third-order valence-electron chi connectivity index (χ3n) is 26.9. The van der Waals surface area contributed by atoms with Crippen LogP contribution in [0.4, 0.5) is 34.1 Å². The highest BCUT2D eigenvalue weighted by Crippen LogP contribution is 2.65. The maximum Gasteiger partial charge on any atom is 0.0492 e. The second-order valence-electron chi connectivity index (χ2n) is 35.1. The maximum absolute atomic E-state index is 2.75. The van der Waals surface area contributed by atoms with E-state index in [1.54, 1.807) is 0 Å². The van der Waals surface area contributed by atoms with Crippen molar-refractivity contribution in [1.82, 2.24) is 0 Å². The van der Waals surface area contributed by atoms with Gasteiger partial charge in [0.05, 0.1) is 0 Å². The zero-order chi connectivity index (χ0) is 67.2. The van der Waals surface area contributed by atoms with Crippen LogP contribution < -0.4 is 14.7 Å². The topological polar surface area (TPSA) is 9.72 Å². The van der Waals surface area contributed by atoms with Crippen molar-refractivity contribution in [3.8, 4) is 44.5 Å². The number of nitrogens with zero attached hydrogens (tertiary/aromatic N) is 3. The largest absolute Gasteiger partial charge is 0.335 e. The van der Waals surface area contributed by atoms with Gasteiger partial charge in [-0.15, -0.1) is 0 Å². The van der Waals surface area contributed by atoms with Crippen molar-refractivity contribution in [3.05, 3.63) is 241 Å². The first kappa shape index (κ1) is 61.7. The van der Waals surface area contributed by atoms with Crippen LogP contribution in [0.3, 0.4) is 0 Å². The molecule has 3 nitrogen and oxygen atoms in total. The predicted molar refractivity (Wildman–Crippen MR) is 419 cm³/mol. The van der Waals surface area contributed by atoms with Gasteiger partial charge in [0.2, 0.25) is 0 Å². The molecule has 0 saturated heterocycles. The first-order chi connectivity index (χ1) is 47.1. The van der Waals surface area contributed by atoms with E-state index in [1.165, 1.54) is 177 Å². The molecule has 3 heterocycles. The van der Waals surface area contributed by atoms with E-state index >= 15 is 0 Å². The van der Waals surface area contributed by atoms with Crippen LogP contribution in [0, 0.1) is 34.0 Å². The molecule has 0 amide bonds. The fourth-order valence-electron chi connectivity index (χ4n) is 21.3. The number of rotatable bonds is 7. The molecule has 9 unspecified atom stereocenters. The molecule has 12 aromatic carbocycles. The molecule has 98 heavy (non-hydrogen) atoms. The highest BCUT2D eigenvalue weighted by molar-refractivity contribution is 6.32. The minimum atomic E-state index is -0.0503. The summed E-state index contributed by atoms with van der Waals surface area (Å²) in [5, 5.41) is 10.5. The molecule has 3 saturated carbocycles. The zero-order valence-electron chi connectivity index (χ0n) is 60.0. The van der Waals surface area contributed by atoms with Gasteiger partial charge in [-0.2, -0.15) is 0 Å². The molecule has 3 fully saturated rings. The van der Waals surface area contributed by atoms with E-state index in [2.05, 4.69) is 322 Å². The van der Waals surface area contributed by atoms with Crippen molar-refractivity contribution in [3.63, 3.8) is 0 Å². The van der Waals surface area contributed by atoms with Crippen LogP contribution in [0.5, 0.6) is 0 Å². The summed E-state index contributed by atoms with van der Waals surface area (Å²) in [5.74, 6) is 3.03. The third kappa shape index (κ3) is 9.25. The van der Waals surface area contributed by atoms with Crippen LogP contribution in [-0.4, -0.2) is 16.6 Å². The van der Waals surface area contributed by atoms with Crippen molar-refractivity contribution < 1.29 is 0 Å². The fraction of sp³-hybridized carbons (Fsp3) is 0.347.